The smallest absolute Gasteiger partial charge is 0.265 e. The summed E-state index contributed by atoms with van der Waals surface area (Å²) in [5, 5.41) is 5.78. The summed E-state index contributed by atoms with van der Waals surface area (Å²) in [6.45, 7) is -0.283. The van der Waals surface area contributed by atoms with E-state index in [2.05, 4.69) is 10.6 Å². The molecule has 0 bridgehead atoms. The van der Waals surface area contributed by atoms with Crippen molar-refractivity contribution in [3.8, 4) is 17.2 Å². The number of rotatable bonds is 13. The summed E-state index contributed by atoms with van der Waals surface area (Å²) in [7, 11) is -0.203. The number of carbonyl (C=O) groups excluding carboxylic acids is 2. The molecule has 4 rings (SSSR count). The number of methoxy groups -OCH3 is 3. The van der Waals surface area contributed by atoms with Gasteiger partial charge in [0.1, 0.15) is 12.3 Å². The molecule has 0 radical (unpaired) electrons. The Morgan fingerprint density at radius 3 is 2.16 bits per heavy atom. The van der Waals surface area contributed by atoms with Crippen molar-refractivity contribution in [3.05, 3.63) is 107 Å². The number of para-hydroxylation sites is 1. The number of halogens is 1. The van der Waals surface area contributed by atoms with Crippen LogP contribution in [-0.2, 0) is 21.2 Å². The second-order valence-electron chi connectivity index (χ2n) is 9.43. The lowest BCUT2D eigenvalue weighted by atomic mass is 10.1. The maximum Gasteiger partial charge on any atom is 0.265 e. The zero-order valence-corrected chi connectivity index (χ0v) is 25.9. The van der Waals surface area contributed by atoms with Crippen molar-refractivity contribution in [3.63, 3.8) is 0 Å². The Kier molecular flexibility index (Phi) is 10.7. The van der Waals surface area contributed by atoms with Gasteiger partial charge in [0.25, 0.3) is 15.9 Å². The van der Waals surface area contributed by atoms with Crippen molar-refractivity contribution >= 4 is 44.8 Å². The first kappa shape index (κ1) is 32.2. The van der Waals surface area contributed by atoms with Gasteiger partial charge in [-0.3, -0.25) is 13.9 Å². The van der Waals surface area contributed by atoms with Gasteiger partial charge in [-0.15, -0.1) is 0 Å². The molecule has 230 valence electrons. The van der Waals surface area contributed by atoms with Crippen molar-refractivity contribution < 1.29 is 32.2 Å². The highest BCUT2D eigenvalue weighted by Crippen LogP contribution is 2.37. The molecule has 0 unspecified atom stereocenters. The first-order chi connectivity index (χ1) is 21.2. The Bertz CT molecular complexity index is 1730. The summed E-state index contributed by atoms with van der Waals surface area (Å²) >= 11 is 6.25. The second kappa shape index (κ2) is 14.6. The number of nitrogens with one attached hydrogen (secondary N) is 2. The second-order valence-corrected chi connectivity index (χ2v) is 11.7. The highest BCUT2D eigenvalue weighted by atomic mass is 35.5. The van der Waals surface area contributed by atoms with E-state index in [0.29, 0.717) is 18.7 Å². The van der Waals surface area contributed by atoms with E-state index in [-0.39, 0.29) is 44.3 Å². The molecule has 0 fully saturated rings. The van der Waals surface area contributed by atoms with Crippen LogP contribution in [0.1, 0.15) is 15.9 Å². The predicted molar refractivity (Wildman–Crippen MR) is 170 cm³/mol. The van der Waals surface area contributed by atoms with Crippen LogP contribution in [0.2, 0.25) is 5.02 Å². The fourth-order valence-corrected chi connectivity index (χ4v) is 6.04. The van der Waals surface area contributed by atoms with Gasteiger partial charge in [-0.1, -0.05) is 54.1 Å². The molecule has 2 amide bonds. The van der Waals surface area contributed by atoms with Crippen molar-refractivity contribution in [1.29, 1.82) is 0 Å². The number of anilines is 2. The van der Waals surface area contributed by atoms with E-state index in [4.69, 9.17) is 25.8 Å². The van der Waals surface area contributed by atoms with Crippen LogP contribution in [0.15, 0.2) is 95.9 Å². The molecule has 4 aromatic carbocycles. The maximum absolute atomic E-state index is 14.1. The van der Waals surface area contributed by atoms with Gasteiger partial charge in [0.2, 0.25) is 5.91 Å². The lowest BCUT2D eigenvalue weighted by Crippen LogP contribution is -2.38. The number of ether oxygens (including phenoxy) is 3. The lowest BCUT2D eigenvalue weighted by molar-refractivity contribution is -0.114. The van der Waals surface area contributed by atoms with Gasteiger partial charge >= 0.3 is 0 Å². The largest absolute Gasteiger partial charge is 0.495 e. The summed E-state index contributed by atoms with van der Waals surface area (Å²) in [6, 6.07) is 24.7. The molecule has 0 saturated heterocycles. The molecule has 0 atom stereocenters. The maximum atomic E-state index is 14.1. The molecule has 44 heavy (non-hydrogen) atoms. The summed E-state index contributed by atoms with van der Waals surface area (Å²) in [6.07, 6.45) is 0.630. The van der Waals surface area contributed by atoms with Crippen LogP contribution in [0.5, 0.6) is 17.2 Å². The highest BCUT2D eigenvalue weighted by molar-refractivity contribution is 7.92. The van der Waals surface area contributed by atoms with Gasteiger partial charge in [-0.2, -0.15) is 0 Å². The Hall–Kier alpha value is -4.74. The Morgan fingerprint density at radius 2 is 1.45 bits per heavy atom. The molecule has 0 aliphatic heterocycles. The third kappa shape index (κ3) is 7.61. The fourth-order valence-electron chi connectivity index (χ4n) is 4.43. The molecule has 0 aliphatic rings. The van der Waals surface area contributed by atoms with E-state index in [0.717, 1.165) is 9.87 Å². The van der Waals surface area contributed by atoms with Crippen molar-refractivity contribution in [2.45, 2.75) is 11.3 Å². The first-order valence-corrected chi connectivity index (χ1v) is 15.3. The third-order valence-corrected chi connectivity index (χ3v) is 8.62. The molecule has 12 heteroatoms. The average molecular weight is 638 g/mol. The van der Waals surface area contributed by atoms with Crippen molar-refractivity contribution in [1.82, 2.24) is 5.32 Å². The van der Waals surface area contributed by atoms with E-state index >= 15 is 0 Å². The minimum absolute atomic E-state index is 0.0388. The Balaban J connectivity index is 1.62. The van der Waals surface area contributed by atoms with Crippen molar-refractivity contribution in [2.24, 2.45) is 0 Å². The molecular weight excluding hydrogens is 606 g/mol. The monoisotopic (exact) mass is 637 g/mol. The molecule has 10 nitrogen and oxygen atoms in total. The lowest BCUT2D eigenvalue weighted by Gasteiger charge is -2.26. The Morgan fingerprint density at radius 1 is 0.795 bits per heavy atom. The van der Waals surface area contributed by atoms with Crippen LogP contribution in [-0.4, -0.2) is 54.7 Å². The van der Waals surface area contributed by atoms with Gasteiger partial charge in [-0.25, -0.2) is 8.42 Å². The van der Waals surface area contributed by atoms with E-state index < -0.39 is 22.5 Å². The van der Waals surface area contributed by atoms with Crippen molar-refractivity contribution in [2.75, 3.05) is 44.0 Å². The number of carbonyl (C=O) groups is 2. The van der Waals surface area contributed by atoms with Gasteiger partial charge in [-0.05, 0) is 54.4 Å². The highest BCUT2D eigenvalue weighted by Gasteiger charge is 2.31. The molecular formula is C32H32ClN3O7S. The minimum atomic E-state index is -4.39. The summed E-state index contributed by atoms with van der Waals surface area (Å²) < 4.78 is 45.0. The number of sulfonamides is 1. The number of amides is 2. The molecule has 2 N–H and O–H groups in total. The number of benzene rings is 4. The molecule has 0 saturated carbocycles. The summed E-state index contributed by atoms with van der Waals surface area (Å²) in [4.78, 5) is 26.4. The average Bonchev–Trinajstić information content (AvgIpc) is 3.03. The standard InChI is InChI=1S/C32H32ClN3O7S/c1-41-28-15-13-23(33)19-27(28)36(44(39,40)24-14-16-29(42-2)30(20-24)43-3)21-31(37)35-26-12-8-7-11-25(26)32(38)34-18-17-22-9-5-4-6-10-22/h4-16,19-20H,17-18,21H2,1-3H3,(H,34,38)(H,35,37). The normalized spacial score (nSPS) is 10.9. The summed E-state index contributed by atoms with van der Waals surface area (Å²) in [5.41, 5.74) is 1.55. The van der Waals surface area contributed by atoms with Crippen LogP contribution in [0.3, 0.4) is 0 Å². The topological polar surface area (TPSA) is 123 Å². The molecule has 0 aromatic heterocycles. The third-order valence-electron chi connectivity index (χ3n) is 6.63. The predicted octanol–water partition coefficient (Wildman–Crippen LogP) is 5.17. The van der Waals surface area contributed by atoms with E-state index in [1.165, 1.54) is 57.7 Å². The number of nitrogens with zero attached hydrogens (tertiary/aromatic N) is 1. The van der Waals surface area contributed by atoms with Gasteiger partial charge in [0.15, 0.2) is 11.5 Å². The SMILES string of the molecule is COc1ccc(S(=O)(=O)N(CC(=O)Nc2ccccc2C(=O)NCCc2ccccc2)c2cc(Cl)ccc2OC)cc1OC. The molecule has 4 aromatic rings. The minimum Gasteiger partial charge on any atom is -0.495 e. The van der Waals surface area contributed by atoms with Crippen LogP contribution in [0.4, 0.5) is 11.4 Å². The number of hydrogen-bond donors (Lipinski definition) is 2. The van der Waals surface area contributed by atoms with Crippen LogP contribution in [0, 0.1) is 0 Å². The zero-order chi connectivity index (χ0) is 31.7. The Labute approximate surface area is 261 Å². The van der Waals surface area contributed by atoms with Crippen LogP contribution >= 0.6 is 11.6 Å². The summed E-state index contributed by atoms with van der Waals surface area (Å²) in [5.74, 6) is -0.411. The molecule has 0 spiro atoms. The van der Waals surface area contributed by atoms with Gasteiger partial charge in [0, 0.05) is 17.6 Å². The quantitative estimate of drug-likeness (QED) is 0.207. The fraction of sp³-hybridized carbons (Fsp3) is 0.188. The molecule has 0 heterocycles. The van der Waals surface area contributed by atoms with Gasteiger partial charge < -0.3 is 24.8 Å². The van der Waals surface area contributed by atoms with Crippen LogP contribution in [0.25, 0.3) is 0 Å². The van der Waals surface area contributed by atoms with E-state index in [9.17, 15) is 18.0 Å². The van der Waals surface area contributed by atoms with E-state index in [1.54, 1.807) is 24.3 Å². The zero-order valence-electron chi connectivity index (χ0n) is 24.4. The number of hydrogen-bond acceptors (Lipinski definition) is 7. The van der Waals surface area contributed by atoms with E-state index in [1.807, 2.05) is 30.3 Å². The molecule has 0 aliphatic carbocycles. The van der Waals surface area contributed by atoms with Gasteiger partial charge in [0.05, 0.1) is 43.2 Å². The first-order valence-electron chi connectivity index (χ1n) is 13.5. The van der Waals surface area contributed by atoms with Crippen LogP contribution < -0.4 is 29.1 Å².